The number of amides is 2. The largest absolute Gasteiger partial charge is 0.353 e. The summed E-state index contributed by atoms with van der Waals surface area (Å²) in [7, 11) is 0. The number of carbonyl (C=O) groups is 2. The fourth-order valence-electron chi connectivity index (χ4n) is 2.76. The Balaban J connectivity index is 2.14. The lowest BCUT2D eigenvalue weighted by atomic mass is 9.96. The Labute approximate surface area is 102 Å². The lowest BCUT2D eigenvalue weighted by Crippen LogP contribution is -2.63. The molecule has 96 valence electrons. The van der Waals surface area contributed by atoms with Crippen LogP contribution in [0.5, 0.6) is 0 Å². The molecule has 2 fully saturated rings. The van der Waals surface area contributed by atoms with Crippen LogP contribution < -0.4 is 10.6 Å². The van der Waals surface area contributed by atoms with Crippen LogP contribution >= 0.6 is 0 Å². The zero-order chi connectivity index (χ0) is 12.5. The highest BCUT2D eigenvalue weighted by Crippen LogP contribution is 2.23. The van der Waals surface area contributed by atoms with Gasteiger partial charge in [-0.05, 0) is 32.7 Å². The zero-order valence-corrected chi connectivity index (χ0v) is 10.6. The Morgan fingerprint density at radius 3 is 2.88 bits per heavy atom. The molecule has 0 saturated carbocycles. The van der Waals surface area contributed by atoms with Gasteiger partial charge in [-0.2, -0.15) is 0 Å². The molecule has 0 radical (unpaired) electrons. The summed E-state index contributed by atoms with van der Waals surface area (Å²) in [6.07, 6.45) is 2.56. The van der Waals surface area contributed by atoms with Gasteiger partial charge in [0.15, 0.2) is 0 Å². The van der Waals surface area contributed by atoms with Crippen molar-refractivity contribution in [1.82, 2.24) is 15.5 Å². The monoisotopic (exact) mass is 239 g/mol. The van der Waals surface area contributed by atoms with Crippen molar-refractivity contribution >= 4 is 11.8 Å². The maximum Gasteiger partial charge on any atom is 0.243 e. The maximum absolute atomic E-state index is 12.5. The fourth-order valence-corrected chi connectivity index (χ4v) is 2.76. The van der Waals surface area contributed by atoms with Crippen LogP contribution in [-0.4, -0.2) is 47.9 Å². The van der Waals surface area contributed by atoms with Gasteiger partial charge in [-0.3, -0.25) is 9.59 Å². The molecule has 0 aromatic rings. The maximum atomic E-state index is 12.5. The van der Waals surface area contributed by atoms with Gasteiger partial charge in [-0.15, -0.1) is 0 Å². The van der Waals surface area contributed by atoms with Crippen molar-refractivity contribution in [1.29, 1.82) is 0 Å². The first-order chi connectivity index (χ1) is 8.08. The van der Waals surface area contributed by atoms with Gasteiger partial charge in [-0.25, -0.2) is 0 Å². The average Bonchev–Trinajstić information content (AvgIpc) is 2.76. The third-order valence-electron chi connectivity index (χ3n) is 3.82. The summed E-state index contributed by atoms with van der Waals surface area (Å²) in [5.74, 6) is 0.0606. The normalized spacial score (nSPS) is 33.6. The Morgan fingerprint density at radius 2 is 2.29 bits per heavy atom. The fraction of sp³-hybridized carbons (Fsp3) is 0.833. The smallest absolute Gasteiger partial charge is 0.243 e. The van der Waals surface area contributed by atoms with Crippen molar-refractivity contribution < 1.29 is 9.59 Å². The van der Waals surface area contributed by atoms with E-state index in [0.29, 0.717) is 19.5 Å². The van der Waals surface area contributed by atoms with Crippen molar-refractivity contribution in [3.8, 4) is 0 Å². The van der Waals surface area contributed by atoms with Crippen LogP contribution in [0.2, 0.25) is 0 Å². The number of nitrogens with one attached hydrogen (secondary N) is 2. The van der Waals surface area contributed by atoms with Crippen molar-refractivity contribution in [3.63, 3.8) is 0 Å². The summed E-state index contributed by atoms with van der Waals surface area (Å²) in [5.41, 5.74) is -0.467. The molecule has 17 heavy (non-hydrogen) atoms. The van der Waals surface area contributed by atoms with E-state index in [0.717, 1.165) is 19.4 Å². The predicted molar refractivity (Wildman–Crippen MR) is 64.4 cm³/mol. The van der Waals surface area contributed by atoms with Crippen LogP contribution in [0.1, 0.15) is 33.1 Å². The van der Waals surface area contributed by atoms with Crippen molar-refractivity contribution in [2.75, 3.05) is 19.6 Å². The molecular weight excluding hydrogens is 218 g/mol. The van der Waals surface area contributed by atoms with Crippen molar-refractivity contribution in [2.24, 2.45) is 0 Å². The summed E-state index contributed by atoms with van der Waals surface area (Å²) < 4.78 is 0. The van der Waals surface area contributed by atoms with Crippen LogP contribution in [-0.2, 0) is 9.59 Å². The molecule has 2 rings (SSSR count). The number of rotatable bonds is 2. The second kappa shape index (κ2) is 4.64. The van der Waals surface area contributed by atoms with E-state index in [1.54, 1.807) is 4.90 Å². The number of carbonyl (C=O) groups excluding carboxylic acids is 2. The molecule has 2 unspecified atom stereocenters. The summed E-state index contributed by atoms with van der Waals surface area (Å²) in [6.45, 7) is 5.97. The van der Waals surface area contributed by atoms with Gasteiger partial charge in [0.25, 0.3) is 0 Å². The Kier molecular flexibility index (Phi) is 3.38. The molecule has 2 saturated heterocycles. The zero-order valence-electron chi connectivity index (χ0n) is 10.6. The quantitative estimate of drug-likeness (QED) is 0.705. The number of hydrogen-bond donors (Lipinski definition) is 2. The molecule has 0 aromatic carbocycles. The third kappa shape index (κ3) is 2.16. The molecule has 0 spiro atoms. The van der Waals surface area contributed by atoms with E-state index in [2.05, 4.69) is 10.6 Å². The highest BCUT2D eigenvalue weighted by molar-refractivity contribution is 5.93. The van der Waals surface area contributed by atoms with E-state index in [1.165, 1.54) is 0 Å². The molecule has 2 amide bonds. The van der Waals surface area contributed by atoms with Gasteiger partial charge in [-0.1, -0.05) is 6.92 Å². The molecule has 5 heteroatoms. The van der Waals surface area contributed by atoms with E-state index in [4.69, 9.17) is 0 Å². The van der Waals surface area contributed by atoms with Gasteiger partial charge >= 0.3 is 0 Å². The van der Waals surface area contributed by atoms with E-state index >= 15 is 0 Å². The van der Waals surface area contributed by atoms with Crippen LogP contribution in [0, 0.1) is 0 Å². The highest BCUT2D eigenvalue weighted by Gasteiger charge is 2.43. The van der Waals surface area contributed by atoms with Gasteiger partial charge < -0.3 is 15.5 Å². The molecule has 2 aliphatic rings. The molecule has 0 bridgehead atoms. The molecule has 2 aliphatic heterocycles. The Hall–Kier alpha value is -1.10. The first-order valence-corrected chi connectivity index (χ1v) is 6.42. The summed E-state index contributed by atoms with van der Waals surface area (Å²) in [6, 6.07) is -0.296. The van der Waals surface area contributed by atoms with Crippen LogP contribution in [0.4, 0.5) is 0 Å². The number of piperazine rings is 1. The molecule has 5 nitrogen and oxygen atoms in total. The standard InChI is InChI=1S/C12H21N3O2/c1-3-9-10(16)13-7-8-15(9)11(17)12(2)5-4-6-14-12/h9,14H,3-8H2,1-2H3,(H,13,16). The van der Waals surface area contributed by atoms with E-state index in [-0.39, 0.29) is 17.9 Å². The second-order valence-corrected chi connectivity index (χ2v) is 5.08. The topological polar surface area (TPSA) is 61.4 Å². The SMILES string of the molecule is CCC1C(=O)NCCN1C(=O)C1(C)CCCN1. The van der Waals surface area contributed by atoms with Crippen LogP contribution in [0.15, 0.2) is 0 Å². The molecule has 2 N–H and O–H groups in total. The van der Waals surface area contributed by atoms with Gasteiger partial charge in [0.05, 0.1) is 5.54 Å². The minimum absolute atomic E-state index is 0.0197. The lowest BCUT2D eigenvalue weighted by molar-refractivity contribution is -0.147. The average molecular weight is 239 g/mol. The second-order valence-electron chi connectivity index (χ2n) is 5.08. The number of hydrogen-bond acceptors (Lipinski definition) is 3. The third-order valence-corrected chi connectivity index (χ3v) is 3.82. The van der Waals surface area contributed by atoms with E-state index in [1.807, 2.05) is 13.8 Å². The molecule has 0 aromatic heterocycles. The Morgan fingerprint density at radius 1 is 1.53 bits per heavy atom. The minimum Gasteiger partial charge on any atom is -0.353 e. The Bertz CT molecular complexity index is 324. The first-order valence-electron chi connectivity index (χ1n) is 6.42. The molecule has 2 atom stereocenters. The minimum atomic E-state index is -0.467. The molecule has 2 heterocycles. The van der Waals surface area contributed by atoms with Crippen LogP contribution in [0.3, 0.4) is 0 Å². The highest BCUT2D eigenvalue weighted by atomic mass is 16.2. The summed E-state index contributed by atoms with van der Waals surface area (Å²) >= 11 is 0. The molecule has 0 aliphatic carbocycles. The van der Waals surface area contributed by atoms with Gasteiger partial charge in [0.2, 0.25) is 11.8 Å². The first kappa shape index (κ1) is 12.4. The lowest BCUT2D eigenvalue weighted by Gasteiger charge is -2.39. The summed E-state index contributed by atoms with van der Waals surface area (Å²) in [5, 5.41) is 6.08. The molecular formula is C12H21N3O2. The van der Waals surface area contributed by atoms with E-state index < -0.39 is 5.54 Å². The van der Waals surface area contributed by atoms with Crippen molar-refractivity contribution in [3.05, 3.63) is 0 Å². The van der Waals surface area contributed by atoms with Crippen molar-refractivity contribution in [2.45, 2.75) is 44.7 Å². The summed E-state index contributed by atoms with van der Waals surface area (Å²) in [4.78, 5) is 26.0. The van der Waals surface area contributed by atoms with Gasteiger partial charge in [0, 0.05) is 13.1 Å². The number of nitrogens with zero attached hydrogens (tertiary/aromatic N) is 1. The van der Waals surface area contributed by atoms with Crippen LogP contribution in [0.25, 0.3) is 0 Å². The van der Waals surface area contributed by atoms with Gasteiger partial charge in [0.1, 0.15) is 6.04 Å². The van der Waals surface area contributed by atoms with E-state index in [9.17, 15) is 9.59 Å². The predicted octanol–water partition coefficient (Wildman–Crippen LogP) is -0.134.